The van der Waals surface area contributed by atoms with E-state index in [4.69, 9.17) is 0 Å². The van der Waals surface area contributed by atoms with Crippen LogP contribution >= 0.6 is 0 Å². The summed E-state index contributed by atoms with van der Waals surface area (Å²) in [5, 5.41) is 9.50. The highest BCUT2D eigenvalue weighted by molar-refractivity contribution is 7.89. The monoisotopic (exact) mass is 282 g/mol. The molecule has 104 valence electrons. The molecule has 0 bridgehead atoms. The standard InChI is InChI=1S/C13H18N2O3S/c16-12-7-8-15(9-12)11-3-5-13(6-4-11)19(17,18)14-10-1-2-10/h3-6,10,12,14,16H,1-2,7-9H2. The van der Waals surface area contributed by atoms with Crippen LogP contribution in [0, 0.1) is 0 Å². The molecule has 0 amide bonds. The Morgan fingerprint density at radius 1 is 1.16 bits per heavy atom. The van der Waals surface area contributed by atoms with E-state index in [0.29, 0.717) is 11.4 Å². The number of anilines is 1. The van der Waals surface area contributed by atoms with Crippen molar-refractivity contribution >= 4 is 15.7 Å². The third-order valence-electron chi connectivity index (χ3n) is 3.57. The predicted octanol–water partition coefficient (Wildman–Crippen LogP) is 0.698. The van der Waals surface area contributed by atoms with Crippen molar-refractivity contribution in [1.29, 1.82) is 0 Å². The van der Waals surface area contributed by atoms with Crippen LogP contribution in [-0.4, -0.2) is 38.8 Å². The summed E-state index contributed by atoms with van der Waals surface area (Å²) in [4.78, 5) is 2.37. The van der Waals surface area contributed by atoms with E-state index in [-0.39, 0.29) is 12.1 Å². The molecular weight excluding hydrogens is 264 g/mol. The highest BCUT2D eigenvalue weighted by Crippen LogP contribution is 2.25. The van der Waals surface area contributed by atoms with Crippen LogP contribution in [0.3, 0.4) is 0 Å². The SMILES string of the molecule is O=S(=O)(NC1CC1)c1ccc(N2CCC(O)C2)cc1. The van der Waals surface area contributed by atoms with E-state index in [1.54, 1.807) is 24.3 Å². The third-order valence-corrected chi connectivity index (χ3v) is 5.11. The Labute approximate surface area is 113 Å². The van der Waals surface area contributed by atoms with Crippen molar-refractivity contribution in [2.24, 2.45) is 0 Å². The van der Waals surface area contributed by atoms with Gasteiger partial charge >= 0.3 is 0 Å². The molecule has 1 saturated heterocycles. The Morgan fingerprint density at radius 2 is 1.84 bits per heavy atom. The van der Waals surface area contributed by atoms with Crippen molar-refractivity contribution in [2.45, 2.75) is 36.3 Å². The number of hydrogen-bond acceptors (Lipinski definition) is 4. The first-order valence-corrected chi connectivity index (χ1v) is 8.08. The Balaban J connectivity index is 1.74. The van der Waals surface area contributed by atoms with Gasteiger partial charge in [-0.2, -0.15) is 0 Å². The number of nitrogens with one attached hydrogen (secondary N) is 1. The van der Waals surface area contributed by atoms with Gasteiger partial charge in [0.2, 0.25) is 10.0 Å². The number of aliphatic hydroxyl groups is 1. The summed E-state index contributed by atoms with van der Waals surface area (Å²) in [6, 6.07) is 6.99. The maximum Gasteiger partial charge on any atom is 0.240 e. The molecule has 0 radical (unpaired) electrons. The lowest BCUT2D eigenvalue weighted by Gasteiger charge is -2.18. The lowest BCUT2D eigenvalue weighted by Crippen LogP contribution is -2.26. The molecule has 1 aromatic carbocycles. The minimum atomic E-state index is -3.37. The zero-order chi connectivity index (χ0) is 13.5. The Kier molecular flexibility index (Phi) is 3.24. The van der Waals surface area contributed by atoms with Gasteiger partial charge in [0.15, 0.2) is 0 Å². The van der Waals surface area contributed by atoms with Crippen molar-refractivity contribution in [3.05, 3.63) is 24.3 Å². The summed E-state index contributed by atoms with van der Waals surface area (Å²) in [5.41, 5.74) is 0.960. The largest absolute Gasteiger partial charge is 0.391 e. The molecule has 2 fully saturated rings. The van der Waals surface area contributed by atoms with Crippen LogP contribution in [0.2, 0.25) is 0 Å². The van der Waals surface area contributed by atoms with Crippen LogP contribution < -0.4 is 9.62 Å². The van der Waals surface area contributed by atoms with E-state index >= 15 is 0 Å². The highest BCUT2D eigenvalue weighted by atomic mass is 32.2. The third kappa shape index (κ3) is 2.91. The smallest absolute Gasteiger partial charge is 0.240 e. The fourth-order valence-corrected chi connectivity index (χ4v) is 3.61. The summed E-state index contributed by atoms with van der Waals surface area (Å²) in [6.07, 6.45) is 2.36. The normalized spacial score (nSPS) is 23.8. The predicted molar refractivity (Wildman–Crippen MR) is 72.6 cm³/mol. The summed E-state index contributed by atoms with van der Waals surface area (Å²) in [7, 11) is -3.37. The van der Waals surface area contributed by atoms with E-state index < -0.39 is 10.0 Å². The molecule has 1 aliphatic heterocycles. The summed E-state index contributed by atoms with van der Waals surface area (Å²) < 4.78 is 26.7. The van der Waals surface area contributed by atoms with Crippen molar-refractivity contribution in [2.75, 3.05) is 18.0 Å². The van der Waals surface area contributed by atoms with E-state index in [9.17, 15) is 13.5 Å². The molecule has 1 atom stereocenters. The molecule has 1 saturated carbocycles. The second kappa shape index (κ2) is 4.77. The first kappa shape index (κ1) is 12.9. The first-order valence-electron chi connectivity index (χ1n) is 6.60. The molecule has 2 aliphatic rings. The molecule has 1 aromatic rings. The van der Waals surface area contributed by atoms with E-state index in [1.807, 2.05) is 0 Å². The summed E-state index contributed by atoms with van der Waals surface area (Å²) in [5.74, 6) is 0. The van der Waals surface area contributed by atoms with E-state index in [1.165, 1.54) is 0 Å². The average Bonchev–Trinajstić information content (AvgIpc) is 3.07. The van der Waals surface area contributed by atoms with Gasteiger partial charge in [-0.15, -0.1) is 0 Å². The number of hydrogen-bond donors (Lipinski definition) is 2. The number of β-amino-alcohol motifs (C(OH)–C–C–N with tert-alkyl or cyclic N) is 1. The highest BCUT2D eigenvalue weighted by Gasteiger charge is 2.28. The van der Waals surface area contributed by atoms with Gasteiger partial charge in [-0.3, -0.25) is 0 Å². The minimum Gasteiger partial charge on any atom is -0.391 e. The van der Waals surface area contributed by atoms with Gasteiger partial charge < -0.3 is 10.0 Å². The average molecular weight is 282 g/mol. The maximum absolute atomic E-state index is 12.0. The van der Waals surface area contributed by atoms with Crippen LogP contribution in [-0.2, 0) is 10.0 Å². The molecular formula is C13H18N2O3S. The molecule has 3 rings (SSSR count). The van der Waals surface area contributed by atoms with Crippen LogP contribution in [0.25, 0.3) is 0 Å². The number of benzene rings is 1. The number of rotatable bonds is 4. The lowest BCUT2D eigenvalue weighted by atomic mass is 10.3. The summed E-state index contributed by atoms with van der Waals surface area (Å²) >= 11 is 0. The van der Waals surface area contributed by atoms with Crippen molar-refractivity contribution < 1.29 is 13.5 Å². The number of sulfonamides is 1. The lowest BCUT2D eigenvalue weighted by molar-refractivity contribution is 0.198. The second-order valence-corrected chi connectivity index (χ2v) is 6.99. The molecule has 2 N–H and O–H groups in total. The second-order valence-electron chi connectivity index (χ2n) is 5.28. The Bertz CT molecular complexity index is 552. The van der Waals surface area contributed by atoms with Gasteiger partial charge in [0, 0.05) is 24.8 Å². The Hall–Kier alpha value is -1.11. The van der Waals surface area contributed by atoms with Crippen molar-refractivity contribution in [3.8, 4) is 0 Å². The minimum absolute atomic E-state index is 0.124. The summed E-state index contributed by atoms with van der Waals surface area (Å²) in [6.45, 7) is 1.43. The van der Waals surface area contributed by atoms with E-state index in [0.717, 1.165) is 31.5 Å². The first-order chi connectivity index (χ1) is 9.04. The van der Waals surface area contributed by atoms with Crippen LogP contribution in [0.1, 0.15) is 19.3 Å². The van der Waals surface area contributed by atoms with Gasteiger partial charge in [-0.05, 0) is 43.5 Å². The van der Waals surface area contributed by atoms with Gasteiger partial charge in [-0.1, -0.05) is 0 Å². The van der Waals surface area contributed by atoms with E-state index in [2.05, 4.69) is 9.62 Å². The maximum atomic E-state index is 12.0. The van der Waals surface area contributed by atoms with Crippen LogP contribution in [0.4, 0.5) is 5.69 Å². The van der Waals surface area contributed by atoms with Crippen molar-refractivity contribution in [3.63, 3.8) is 0 Å². The fraction of sp³-hybridized carbons (Fsp3) is 0.538. The van der Waals surface area contributed by atoms with Gasteiger partial charge in [-0.25, -0.2) is 13.1 Å². The molecule has 1 unspecified atom stereocenters. The molecule has 1 heterocycles. The fourth-order valence-electron chi connectivity index (χ4n) is 2.30. The topological polar surface area (TPSA) is 69.6 Å². The molecule has 1 aliphatic carbocycles. The number of nitrogens with zero attached hydrogens (tertiary/aromatic N) is 1. The number of aliphatic hydroxyl groups excluding tert-OH is 1. The van der Waals surface area contributed by atoms with Gasteiger partial charge in [0.05, 0.1) is 11.0 Å². The van der Waals surface area contributed by atoms with Gasteiger partial charge in [0.1, 0.15) is 0 Å². The zero-order valence-corrected chi connectivity index (χ0v) is 11.4. The Morgan fingerprint density at radius 3 is 2.37 bits per heavy atom. The molecule has 19 heavy (non-hydrogen) atoms. The molecule has 0 aromatic heterocycles. The zero-order valence-electron chi connectivity index (χ0n) is 10.6. The van der Waals surface area contributed by atoms with Crippen molar-refractivity contribution in [1.82, 2.24) is 4.72 Å². The van der Waals surface area contributed by atoms with Crippen LogP contribution in [0.5, 0.6) is 0 Å². The van der Waals surface area contributed by atoms with Gasteiger partial charge in [0.25, 0.3) is 0 Å². The quantitative estimate of drug-likeness (QED) is 0.853. The molecule has 6 heteroatoms. The molecule has 0 spiro atoms. The van der Waals surface area contributed by atoms with Crippen LogP contribution in [0.15, 0.2) is 29.2 Å². The molecule has 5 nitrogen and oxygen atoms in total.